The third kappa shape index (κ3) is 6.57. The van der Waals surface area contributed by atoms with Gasteiger partial charge in [-0.05, 0) is 48.4 Å². The summed E-state index contributed by atoms with van der Waals surface area (Å²) in [4.78, 5) is 62.1. The third-order valence-corrected chi connectivity index (χ3v) is 8.40. The molecular formula is C36H33NO11. The molecule has 12 heteroatoms. The van der Waals surface area contributed by atoms with Crippen LogP contribution in [0.4, 0.5) is 0 Å². The number of phenolic OH excluding ortho intramolecular Hbond substituents is 2. The van der Waals surface area contributed by atoms with Crippen LogP contribution in [-0.2, 0) is 45.4 Å². The van der Waals surface area contributed by atoms with Gasteiger partial charge in [0.1, 0.15) is 34.6 Å². The molecule has 248 valence electrons. The second kappa shape index (κ2) is 13.8. The summed E-state index contributed by atoms with van der Waals surface area (Å²) < 4.78 is 23.1. The predicted octanol–water partition coefficient (Wildman–Crippen LogP) is 3.87. The van der Waals surface area contributed by atoms with Gasteiger partial charge in [0.15, 0.2) is 5.60 Å². The van der Waals surface area contributed by atoms with Crippen LogP contribution in [0.3, 0.4) is 0 Å². The van der Waals surface area contributed by atoms with Crippen LogP contribution in [0.25, 0.3) is 0 Å². The Morgan fingerprint density at radius 3 is 2.02 bits per heavy atom. The fraction of sp³-hybridized carbons (Fsp3) is 0.306. The maximum absolute atomic E-state index is 13.1. The molecule has 0 radical (unpaired) electrons. The number of Topliss-reactive ketones (excluding diaryl/α,β-unsaturated/α-hetero) is 2. The van der Waals surface area contributed by atoms with Gasteiger partial charge in [-0.25, -0.2) is 4.79 Å². The Kier molecular flexibility index (Phi) is 9.37. The van der Waals surface area contributed by atoms with Crippen molar-refractivity contribution in [1.82, 2.24) is 4.90 Å². The van der Waals surface area contributed by atoms with Crippen molar-refractivity contribution in [2.75, 3.05) is 33.0 Å². The summed E-state index contributed by atoms with van der Waals surface area (Å²) in [5.74, 6) is -1.01. The summed E-state index contributed by atoms with van der Waals surface area (Å²) in [5.41, 5.74) is 1.15. The van der Waals surface area contributed by atoms with E-state index in [2.05, 4.69) is 0 Å². The molecule has 0 aromatic heterocycles. The van der Waals surface area contributed by atoms with Crippen molar-refractivity contribution < 1.29 is 53.1 Å². The second-order valence-corrected chi connectivity index (χ2v) is 11.7. The molecule has 12 nitrogen and oxygen atoms in total. The highest BCUT2D eigenvalue weighted by Crippen LogP contribution is 2.57. The van der Waals surface area contributed by atoms with Gasteiger partial charge in [-0.3, -0.25) is 24.1 Å². The molecule has 3 aliphatic rings. The second-order valence-electron chi connectivity index (χ2n) is 11.7. The van der Waals surface area contributed by atoms with E-state index in [1.807, 2.05) is 0 Å². The van der Waals surface area contributed by atoms with Crippen molar-refractivity contribution in [3.05, 3.63) is 94.6 Å². The average Bonchev–Trinajstić information content (AvgIpc) is 3.53. The number of nitrogens with zero attached hydrogens (tertiary/aromatic N) is 1. The lowest BCUT2D eigenvalue weighted by Crippen LogP contribution is -2.33. The van der Waals surface area contributed by atoms with Crippen LogP contribution < -0.4 is 4.74 Å². The number of carbonyl (C=O) groups excluding carboxylic acids is 5. The number of benzene rings is 3. The fourth-order valence-electron chi connectivity index (χ4n) is 6.06. The number of amides is 2. The number of hydrogen-bond donors (Lipinski definition) is 2. The maximum Gasteiger partial charge on any atom is 0.340 e. The fourth-order valence-corrected chi connectivity index (χ4v) is 6.06. The lowest BCUT2D eigenvalue weighted by molar-refractivity contribution is -0.137. The van der Waals surface area contributed by atoms with Gasteiger partial charge in [0.2, 0.25) is 0 Å². The molecule has 0 bridgehead atoms. The third-order valence-electron chi connectivity index (χ3n) is 8.40. The number of aromatic hydroxyl groups is 2. The lowest BCUT2D eigenvalue weighted by atomic mass is 9.77. The predicted molar refractivity (Wildman–Crippen MR) is 168 cm³/mol. The van der Waals surface area contributed by atoms with Crippen LogP contribution >= 0.6 is 0 Å². The molecule has 2 N–H and O–H groups in total. The first-order chi connectivity index (χ1) is 23.2. The number of fused-ring (bicyclic) bond motifs is 6. The van der Waals surface area contributed by atoms with Crippen LogP contribution in [-0.4, -0.2) is 77.4 Å². The number of phenols is 2. The molecule has 2 amide bonds. The molecular weight excluding hydrogens is 622 g/mol. The van der Waals surface area contributed by atoms with Gasteiger partial charge in [0, 0.05) is 79.8 Å². The summed E-state index contributed by atoms with van der Waals surface area (Å²) in [7, 11) is 0. The number of ether oxygens (including phenoxy) is 4. The Hall–Kier alpha value is -5.33. The van der Waals surface area contributed by atoms with E-state index in [4.69, 9.17) is 18.9 Å². The average molecular weight is 656 g/mol. The highest BCUT2D eigenvalue weighted by atomic mass is 16.6. The Bertz CT molecular complexity index is 1760. The smallest absolute Gasteiger partial charge is 0.340 e. The van der Waals surface area contributed by atoms with Crippen molar-refractivity contribution >= 4 is 29.4 Å². The molecule has 3 aromatic rings. The number of carbonyl (C=O) groups is 5. The monoisotopic (exact) mass is 655 g/mol. The topological polar surface area (TPSA) is 166 Å². The zero-order valence-electron chi connectivity index (χ0n) is 25.9. The number of rotatable bonds is 15. The normalized spacial score (nSPS) is 15.2. The zero-order chi connectivity index (χ0) is 33.8. The van der Waals surface area contributed by atoms with E-state index in [0.29, 0.717) is 47.5 Å². The first-order valence-corrected chi connectivity index (χ1v) is 15.6. The zero-order valence-corrected chi connectivity index (χ0v) is 25.9. The minimum Gasteiger partial charge on any atom is -0.508 e. The number of esters is 1. The summed E-state index contributed by atoms with van der Waals surface area (Å²) in [6.45, 7) is 1.21. The number of hydrogen-bond acceptors (Lipinski definition) is 11. The van der Waals surface area contributed by atoms with E-state index in [9.17, 15) is 34.2 Å². The first kappa shape index (κ1) is 32.6. The number of ketones is 2. The Balaban J connectivity index is 0.976. The van der Waals surface area contributed by atoms with Gasteiger partial charge in [-0.15, -0.1) is 0 Å². The molecule has 0 saturated heterocycles. The van der Waals surface area contributed by atoms with Crippen LogP contribution in [0, 0.1) is 0 Å². The molecule has 1 spiro atoms. The minimum absolute atomic E-state index is 0.0421. The van der Waals surface area contributed by atoms with Crippen molar-refractivity contribution in [2.24, 2.45) is 0 Å². The maximum atomic E-state index is 13.1. The molecule has 6 rings (SSSR count). The van der Waals surface area contributed by atoms with Crippen LogP contribution in [0.15, 0.2) is 66.7 Å². The van der Waals surface area contributed by atoms with E-state index in [-0.39, 0.29) is 80.0 Å². The Morgan fingerprint density at radius 2 is 1.35 bits per heavy atom. The van der Waals surface area contributed by atoms with Gasteiger partial charge >= 0.3 is 5.97 Å². The summed E-state index contributed by atoms with van der Waals surface area (Å²) in [6.07, 6.45) is 3.55. The molecule has 0 atom stereocenters. The standard InChI is InChI=1S/C36H33NO11/c38-23(11-13-37-33(42)9-10-34(37)43)2-1-14-45-16-17-46-15-12-26(41)18-22-3-6-27-30(19-22)36(48-35(27)44)28-7-4-24(39)20-31(28)47-32-21-25(40)5-8-29(32)36/h3-10,19-21,39-40H,1-2,11-18H2. The van der Waals surface area contributed by atoms with E-state index in [0.717, 1.165) is 4.90 Å². The Morgan fingerprint density at radius 1 is 0.708 bits per heavy atom. The van der Waals surface area contributed by atoms with Crippen LogP contribution in [0.5, 0.6) is 23.0 Å². The van der Waals surface area contributed by atoms with E-state index in [1.165, 1.54) is 36.4 Å². The summed E-state index contributed by atoms with van der Waals surface area (Å²) in [6, 6.07) is 14.2. The van der Waals surface area contributed by atoms with Crippen molar-refractivity contribution in [3.63, 3.8) is 0 Å². The minimum atomic E-state index is -1.40. The van der Waals surface area contributed by atoms with Gasteiger partial charge < -0.3 is 29.2 Å². The van der Waals surface area contributed by atoms with Gasteiger partial charge in [-0.1, -0.05) is 6.07 Å². The highest BCUT2D eigenvalue weighted by molar-refractivity contribution is 6.13. The van der Waals surface area contributed by atoms with Crippen molar-refractivity contribution in [3.8, 4) is 23.0 Å². The molecule has 0 saturated carbocycles. The van der Waals surface area contributed by atoms with Crippen molar-refractivity contribution in [1.29, 1.82) is 0 Å². The molecule has 3 aliphatic heterocycles. The molecule has 48 heavy (non-hydrogen) atoms. The first-order valence-electron chi connectivity index (χ1n) is 15.6. The summed E-state index contributed by atoms with van der Waals surface area (Å²) in [5, 5.41) is 20.2. The van der Waals surface area contributed by atoms with Gasteiger partial charge in [0.25, 0.3) is 11.8 Å². The lowest BCUT2D eigenvalue weighted by Gasteiger charge is -2.36. The quantitative estimate of drug-likeness (QED) is 0.139. The molecule has 0 aliphatic carbocycles. The van der Waals surface area contributed by atoms with E-state index >= 15 is 0 Å². The van der Waals surface area contributed by atoms with E-state index in [1.54, 1.807) is 30.3 Å². The summed E-state index contributed by atoms with van der Waals surface area (Å²) >= 11 is 0. The largest absolute Gasteiger partial charge is 0.508 e. The van der Waals surface area contributed by atoms with E-state index < -0.39 is 23.4 Å². The molecule has 3 heterocycles. The number of imide groups is 1. The van der Waals surface area contributed by atoms with Crippen molar-refractivity contribution in [2.45, 2.75) is 37.7 Å². The molecule has 0 fully saturated rings. The van der Waals surface area contributed by atoms with Crippen LogP contribution in [0.2, 0.25) is 0 Å². The molecule has 3 aromatic carbocycles. The van der Waals surface area contributed by atoms with Gasteiger partial charge in [0.05, 0.1) is 25.4 Å². The highest BCUT2D eigenvalue weighted by Gasteiger charge is 2.53. The van der Waals surface area contributed by atoms with Gasteiger partial charge in [-0.2, -0.15) is 0 Å². The van der Waals surface area contributed by atoms with Crippen LogP contribution in [0.1, 0.15) is 58.3 Å². The molecule has 0 unspecified atom stereocenters. The Labute approximate surface area is 275 Å². The SMILES string of the molecule is O=C(CCCOCCOCCC(=O)Cc1ccc2c(c1)C1(OC2=O)c2ccc(O)cc2Oc2cc(O)ccc21)CCN1C(=O)C=CC1=O.